The van der Waals surface area contributed by atoms with Crippen LogP contribution < -0.4 is 4.90 Å². The third-order valence-electron chi connectivity index (χ3n) is 3.48. The van der Waals surface area contributed by atoms with E-state index < -0.39 is 0 Å². The lowest BCUT2D eigenvalue weighted by atomic mass is 10.2. The Morgan fingerprint density at radius 2 is 1.74 bits per heavy atom. The molecule has 0 aliphatic heterocycles. The van der Waals surface area contributed by atoms with Crippen LogP contribution in [0.1, 0.15) is 6.92 Å². The standard InChI is InChI=1S/C17H18Cl2FN3/c1-4-22(2)11-21-16-9-15(19)17(10-14(16)18)23(3)13-7-5-12(20)6-8-13/h5-11H,4H2,1-3H3/b21-11-. The SMILES string of the molecule is CCN(C)/C=N\c1cc(Cl)c(N(C)c2ccc(F)cc2)cc1Cl. The van der Waals surface area contributed by atoms with E-state index in [0.717, 1.165) is 17.9 Å². The van der Waals surface area contributed by atoms with E-state index in [0.29, 0.717) is 15.7 Å². The number of benzene rings is 2. The van der Waals surface area contributed by atoms with Crippen molar-refractivity contribution < 1.29 is 4.39 Å². The zero-order valence-electron chi connectivity index (χ0n) is 13.2. The molecular formula is C17H18Cl2FN3. The number of rotatable bonds is 5. The monoisotopic (exact) mass is 353 g/mol. The summed E-state index contributed by atoms with van der Waals surface area (Å²) in [6.07, 6.45) is 1.71. The van der Waals surface area contributed by atoms with Crippen molar-refractivity contribution in [2.24, 2.45) is 4.99 Å². The molecule has 2 rings (SSSR count). The minimum atomic E-state index is -0.281. The van der Waals surface area contributed by atoms with Gasteiger partial charge in [-0.3, -0.25) is 0 Å². The lowest BCUT2D eigenvalue weighted by molar-refractivity contribution is 0.552. The highest BCUT2D eigenvalue weighted by Gasteiger charge is 2.12. The lowest BCUT2D eigenvalue weighted by Crippen LogP contribution is -2.14. The van der Waals surface area contributed by atoms with Crippen molar-refractivity contribution >= 4 is 46.6 Å². The summed E-state index contributed by atoms with van der Waals surface area (Å²) in [7, 11) is 3.77. The maximum Gasteiger partial charge on any atom is 0.123 e. The second-order valence-electron chi connectivity index (χ2n) is 5.11. The number of halogens is 3. The summed E-state index contributed by atoms with van der Waals surface area (Å²) in [5.41, 5.74) is 2.14. The van der Waals surface area contributed by atoms with E-state index in [2.05, 4.69) is 4.99 Å². The van der Waals surface area contributed by atoms with Gasteiger partial charge in [-0.05, 0) is 43.3 Å². The molecule has 0 atom stereocenters. The van der Waals surface area contributed by atoms with Gasteiger partial charge in [0.15, 0.2) is 0 Å². The van der Waals surface area contributed by atoms with Gasteiger partial charge in [-0.25, -0.2) is 9.38 Å². The molecule has 0 saturated heterocycles. The average Bonchev–Trinajstić information content (AvgIpc) is 2.55. The number of nitrogens with zero attached hydrogens (tertiary/aromatic N) is 3. The van der Waals surface area contributed by atoms with Gasteiger partial charge < -0.3 is 9.80 Å². The van der Waals surface area contributed by atoms with Crippen LogP contribution in [0, 0.1) is 5.82 Å². The molecule has 0 amide bonds. The fourth-order valence-corrected chi connectivity index (χ4v) is 2.42. The first kappa shape index (κ1) is 17.6. The van der Waals surface area contributed by atoms with Crippen LogP contribution in [-0.4, -0.2) is 31.9 Å². The summed E-state index contributed by atoms with van der Waals surface area (Å²) >= 11 is 12.7. The Morgan fingerprint density at radius 1 is 1.09 bits per heavy atom. The zero-order chi connectivity index (χ0) is 17.0. The minimum Gasteiger partial charge on any atom is -0.366 e. The Bertz CT molecular complexity index is 702. The largest absolute Gasteiger partial charge is 0.366 e. The highest BCUT2D eigenvalue weighted by atomic mass is 35.5. The number of hydrogen-bond donors (Lipinski definition) is 0. The molecule has 0 radical (unpaired) electrons. The Hall–Kier alpha value is -1.78. The minimum absolute atomic E-state index is 0.281. The third-order valence-corrected chi connectivity index (χ3v) is 4.09. The second-order valence-corrected chi connectivity index (χ2v) is 5.92. The van der Waals surface area contributed by atoms with Crippen molar-refractivity contribution in [1.82, 2.24) is 4.90 Å². The van der Waals surface area contributed by atoms with E-state index in [9.17, 15) is 4.39 Å². The second kappa shape index (κ2) is 7.66. The molecular weight excluding hydrogens is 336 g/mol. The van der Waals surface area contributed by atoms with Crippen LogP contribution in [-0.2, 0) is 0 Å². The molecule has 0 aliphatic rings. The van der Waals surface area contributed by atoms with Gasteiger partial charge in [-0.2, -0.15) is 0 Å². The van der Waals surface area contributed by atoms with Gasteiger partial charge in [0, 0.05) is 26.3 Å². The van der Waals surface area contributed by atoms with Crippen molar-refractivity contribution in [2.45, 2.75) is 6.92 Å². The summed E-state index contributed by atoms with van der Waals surface area (Å²) in [4.78, 5) is 8.12. The number of aliphatic imine (C=N–C) groups is 1. The van der Waals surface area contributed by atoms with Gasteiger partial charge in [0.25, 0.3) is 0 Å². The summed E-state index contributed by atoms with van der Waals surface area (Å²) in [6, 6.07) is 9.65. The van der Waals surface area contributed by atoms with E-state index in [4.69, 9.17) is 23.2 Å². The molecule has 3 nitrogen and oxygen atoms in total. The van der Waals surface area contributed by atoms with Crippen LogP contribution in [0.15, 0.2) is 41.4 Å². The van der Waals surface area contributed by atoms with Gasteiger partial charge in [0.05, 0.1) is 27.8 Å². The first-order chi connectivity index (χ1) is 10.9. The molecule has 0 N–H and O–H groups in total. The average molecular weight is 354 g/mol. The summed E-state index contributed by atoms with van der Waals surface area (Å²) < 4.78 is 13.0. The zero-order valence-corrected chi connectivity index (χ0v) is 14.7. The Balaban J connectivity index is 2.32. The van der Waals surface area contributed by atoms with Crippen LogP contribution in [0.4, 0.5) is 21.5 Å². The van der Waals surface area contributed by atoms with E-state index in [-0.39, 0.29) is 5.82 Å². The normalized spacial score (nSPS) is 11.0. The van der Waals surface area contributed by atoms with Crippen molar-refractivity contribution in [3.63, 3.8) is 0 Å². The summed E-state index contributed by atoms with van der Waals surface area (Å²) in [5, 5.41) is 1.02. The van der Waals surface area contributed by atoms with Crippen LogP contribution in [0.25, 0.3) is 0 Å². The molecule has 0 aliphatic carbocycles. The molecule has 0 unspecified atom stereocenters. The van der Waals surface area contributed by atoms with E-state index in [1.807, 2.05) is 30.8 Å². The van der Waals surface area contributed by atoms with Crippen LogP contribution >= 0.6 is 23.2 Å². The van der Waals surface area contributed by atoms with Gasteiger partial charge in [-0.15, -0.1) is 0 Å². The molecule has 0 saturated carbocycles. The number of hydrogen-bond acceptors (Lipinski definition) is 2. The fraction of sp³-hybridized carbons (Fsp3) is 0.235. The molecule has 2 aromatic rings. The smallest absolute Gasteiger partial charge is 0.123 e. The number of anilines is 2. The maximum atomic E-state index is 13.0. The highest BCUT2D eigenvalue weighted by molar-refractivity contribution is 6.37. The van der Waals surface area contributed by atoms with Gasteiger partial charge in [0.1, 0.15) is 5.82 Å². The van der Waals surface area contributed by atoms with Gasteiger partial charge in [0.2, 0.25) is 0 Å². The molecule has 6 heteroatoms. The van der Waals surface area contributed by atoms with Crippen LogP contribution in [0.3, 0.4) is 0 Å². The van der Waals surface area contributed by atoms with Crippen molar-refractivity contribution in [3.05, 3.63) is 52.3 Å². The van der Waals surface area contributed by atoms with Crippen molar-refractivity contribution in [2.75, 3.05) is 25.5 Å². The summed E-state index contributed by atoms with van der Waals surface area (Å²) in [6.45, 7) is 2.88. The van der Waals surface area contributed by atoms with E-state index in [1.54, 1.807) is 30.6 Å². The lowest BCUT2D eigenvalue weighted by Gasteiger charge is -2.21. The predicted octanol–water partition coefficient (Wildman–Crippen LogP) is 5.51. The summed E-state index contributed by atoms with van der Waals surface area (Å²) in [5.74, 6) is -0.281. The van der Waals surface area contributed by atoms with Crippen molar-refractivity contribution in [3.8, 4) is 0 Å². The molecule has 2 aromatic carbocycles. The first-order valence-electron chi connectivity index (χ1n) is 7.15. The highest BCUT2D eigenvalue weighted by Crippen LogP contribution is 2.38. The molecule has 0 heterocycles. The molecule has 23 heavy (non-hydrogen) atoms. The molecule has 0 bridgehead atoms. The van der Waals surface area contributed by atoms with Crippen molar-refractivity contribution in [1.29, 1.82) is 0 Å². The third kappa shape index (κ3) is 4.36. The molecule has 0 fully saturated rings. The quantitative estimate of drug-likeness (QED) is 0.521. The molecule has 0 aromatic heterocycles. The Labute approximate surface area is 146 Å². The predicted molar refractivity (Wildman–Crippen MR) is 97.4 cm³/mol. The topological polar surface area (TPSA) is 18.8 Å². The molecule has 0 spiro atoms. The Kier molecular flexibility index (Phi) is 5.85. The van der Waals surface area contributed by atoms with E-state index >= 15 is 0 Å². The Morgan fingerprint density at radius 3 is 2.35 bits per heavy atom. The van der Waals surface area contributed by atoms with Gasteiger partial charge >= 0.3 is 0 Å². The fourth-order valence-electron chi connectivity index (χ4n) is 1.93. The van der Waals surface area contributed by atoms with Gasteiger partial charge in [-0.1, -0.05) is 23.2 Å². The molecule has 122 valence electrons. The van der Waals surface area contributed by atoms with E-state index in [1.165, 1.54) is 12.1 Å². The maximum absolute atomic E-state index is 13.0. The van der Waals surface area contributed by atoms with Crippen LogP contribution in [0.5, 0.6) is 0 Å². The first-order valence-corrected chi connectivity index (χ1v) is 7.90. The van der Waals surface area contributed by atoms with Crippen LogP contribution in [0.2, 0.25) is 10.0 Å².